The summed E-state index contributed by atoms with van der Waals surface area (Å²) in [5.74, 6) is -2.61. The first-order chi connectivity index (χ1) is 8.95. The van der Waals surface area contributed by atoms with E-state index in [1.807, 2.05) is 0 Å². The van der Waals surface area contributed by atoms with Gasteiger partial charge in [-0.3, -0.25) is 4.79 Å². The first-order valence-electron chi connectivity index (χ1n) is 5.65. The van der Waals surface area contributed by atoms with Crippen LogP contribution in [0.25, 0.3) is 0 Å². The lowest BCUT2D eigenvalue weighted by atomic mass is 10.1. The van der Waals surface area contributed by atoms with E-state index >= 15 is 0 Å². The van der Waals surface area contributed by atoms with Crippen LogP contribution in [0.15, 0.2) is 12.1 Å². The fraction of sp³-hybridized carbons (Fsp3) is 0.417. The number of amides is 1. The zero-order valence-electron chi connectivity index (χ0n) is 10.5. The van der Waals surface area contributed by atoms with Crippen LogP contribution in [0.1, 0.15) is 16.8 Å². The number of aliphatic hydroxyl groups excluding tert-OH is 1. The normalized spacial score (nSPS) is 12.2. The van der Waals surface area contributed by atoms with Gasteiger partial charge in [0.25, 0.3) is 5.91 Å². The van der Waals surface area contributed by atoms with E-state index in [1.54, 1.807) is 0 Å². The summed E-state index contributed by atoms with van der Waals surface area (Å²) in [7, 11) is 1.44. The quantitative estimate of drug-likeness (QED) is 0.666. The monoisotopic (exact) mass is 274 g/mol. The predicted octanol–water partition coefficient (Wildman–Crippen LogP) is 0.674. The molecule has 106 valence electrons. The Labute approximate surface area is 109 Å². The second-order valence-electron chi connectivity index (χ2n) is 4.01. The highest BCUT2D eigenvalue weighted by Crippen LogP contribution is 2.16. The van der Waals surface area contributed by atoms with E-state index < -0.39 is 23.6 Å². The van der Waals surface area contributed by atoms with Crippen molar-refractivity contribution in [1.82, 2.24) is 5.32 Å². The lowest BCUT2D eigenvalue weighted by Crippen LogP contribution is -2.29. The molecule has 1 aromatic rings. The molecule has 0 heterocycles. The summed E-state index contributed by atoms with van der Waals surface area (Å²) in [5, 5.41) is 11.8. The van der Waals surface area contributed by atoms with Gasteiger partial charge in [0.1, 0.15) is 11.6 Å². The lowest BCUT2D eigenvalue weighted by molar-refractivity contribution is 0.0587. The number of halogens is 2. The van der Waals surface area contributed by atoms with Crippen molar-refractivity contribution >= 4 is 11.6 Å². The Balaban J connectivity index is 2.57. The molecule has 0 aliphatic heterocycles. The first-order valence-corrected chi connectivity index (χ1v) is 5.65. The van der Waals surface area contributed by atoms with Gasteiger partial charge in [-0.15, -0.1) is 0 Å². The number of methoxy groups -OCH3 is 1. The molecular weight excluding hydrogens is 258 g/mol. The molecule has 0 aliphatic rings. The summed E-state index contributed by atoms with van der Waals surface area (Å²) >= 11 is 0. The Hall–Kier alpha value is -1.73. The van der Waals surface area contributed by atoms with Gasteiger partial charge in [0.2, 0.25) is 0 Å². The molecule has 7 heteroatoms. The van der Waals surface area contributed by atoms with Crippen molar-refractivity contribution in [2.45, 2.75) is 12.5 Å². The minimum atomic E-state index is -0.985. The second-order valence-corrected chi connectivity index (χ2v) is 4.01. The van der Waals surface area contributed by atoms with Crippen molar-refractivity contribution in [3.05, 3.63) is 29.3 Å². The Morgan fingerprint density at radius 3 is 2.79 bits per heavy atom. The van der Waals surface area contributed by atoms with Crippen LogP contribution in [0.3, 0.4) is 0 Å². The molecule has 0 aliphatic carbocycles. The van der Waals surface area contributed by atoms with Crippen LogP contribution in [0.4, 0.5) is 14.5 Å². The fourth-order valence-corrected chi connectivity index (χ4v) is 1.46. The number of carbonyl (C=O) groups excluding carboxylic acids is 1. The van der Waals surface area contributed by atoms with Crippen LogP contribution in [0, 0.1) is 11.6 Å². The molecule has 19 heavy (non-hydrogen) atoms. The number of nitrogen functional groups attached to an aromatic ring is 1. The van der Waals surface area contributed by atoms with Gasteiger partial charge >= 0.3 is 0 Å². The highest BCUT2D eigenvalue weighted by atomic mass is 19.1. The van der Waals surface area contributed by atoms with Crippen molar-refractivity contribution in [3.8, 4) is 0 Å². The maximum atomic E-state index is 13.4. The largest absolute Gasteiger partial charge is 0.396 e. The van der Waals surface area contributed by atoms with E-state index in [4.69, 9.17) is 10.5 Å². The highest BCUT2D eigenvalue weighted by Gasteiger charge is 2.15. The fourth-order valence-electron chi connectivity index (χ4n) is 1.46. The molecule has 5 nitrogen and oxygen atoms in total. The molecule has 0 bridgehead atoms. The van der Waals surface area contributed by atoms with E-state index in [2.05, 4.69) is 5.32 Å². The predicted molar refractivity (Wildman–Crippen MR) is 65.6 cm³/mol. The van der Waals surface area contributed by atoms with Crippen molar-refractivity contribution in [2.24, 2.45) is 0 Å². The molecular formula is C12H16F2N2O3. The van der Waals surface area contributed by atoms with Crippen molar-refractivity contribution in [2.75, 3.05) is 26.0 Å². The van der Waals surface area contributed by atoms with Gasteiger partial charge in [0.15, 0.2) is 0 Å². The molecule has 1 aromatic carbocycles. The minimum absolute atomic E-state index is 0.139. The van der Waals surface area contributed by atoms with Gasteiger partial charge in [0, 0.05) is 19.7 Å². The van der Waals surface area contributed by atoms with Gasteiger partial charge in [-0.25, -0.2) is 8.78 Å². The number of anilines is 1. The molecule has 0 saturated heterocycles. The zero-order chi connectivity index (χ0) is 14.4. The SMILES string of the molecule is COCC(O)CCNC(=O)c1cc(N)c(F)cc1F. The number of hydrogen-bond donors (Lipinski definition) is 3. The molecule has 4 N–H and O–H groups in total. The Morgan fingerprint density at radius 2 is 2.16 bits per heavy atom. The molecule has 1 unspecified atom stereocenters. The van der Waals surface area contributed by atoms with Gasteiger partial charge < -0.3 is 20.9 Å². The van der Waals surface area contributed by atoms with Crippen molar-refractivity contribution < 1.29 is 23.4 Å². The minimum Gasteiger partial charge on any atom is -0.396 e. The average molecular weight is 274 g/mol. The summed E-state index contributed by atoms with van der Waals surface area (Å²) in [6, 6.07) is 1.50. The molecule has 0 radical (unpaired) electrons. The molecule has 0 saturated carbocycles. The van der Waals surface area contributed by atoms with Crippen LogP contribution >= 0.6 is 0 Å². The Kier molecular flexibility index (Phi) is 5.65. The number of aliphatic hydroxyl groups is 1. The van der Waals surface area contributed by atoms with Crippen molar-refractivity contribution in [1.29, 1.82) is 0 Å². The standard InChI is InChI=1S/C12H16F2N2O3/c1-19-6-7(17)2-3-16-12(18)8-4-11(15)10(14)5-9(8)13/h4-5,7,17H,2-3,6,15H2,1H3,(H,16,18). The van der Waals surface area contributed by atoms with Crippen LogP contribution in [-0.2, 0) is 4.74 Å². The Morgan fingerprint density at radius 1 is 1.47 bits per heavy atom. The number of carbonyl (C=O) groups is 1. The highest BCUT2D eigenvalue weighted by molar-refractivity contribution is 5.95. The number of benzene rings is 1. The van der Waals surface area contributed by atoms with Gasteiger partial charge in [0.05, 0.1) is 24.0 Å². The summed E-state index contributed by atoms with van der Waals surface area (Å²) in [6.45, 7) is 0.286. The zero-order valence-corrected chi connectivity index (χ0v) is 10.5. The Bertz CT molecular complexity index is 455. The van der Waals surface area contributed by atoms with E-state index in [1.165, 1.54) is 7.11 Å². The van der Waals surface area contributed by atoms with Gasteiger partial charge in [-0.1, -0.05) is 0 Å². The number of nitrogens with two attached hydrogens (primary N) is 1. The third-order valence-electron chi connectivity index (χ3n) is 2.45. The van der Waals surface area contributed by atoms with Crippen molar-refractivity contribution in [3.63, 3.8) is 0 Å². The number of ether oxygens (including phenoxy) is 1. The number of nitrogens with one attached hydrogen (secondary N) is 1. The summed E-state index contributed by atoms with van der Waals surface area (Å²) in [5.41, 5.74) is 4.63. The van der Waals surface area contributed by atoms with Crippen LogP contribution in [0.5, 0.6) is 0 Å². The average Bonchev–Trinajstić information content (AvgIpc) is 2.34. The molecule has 0 spiro atoms. The summed E-state index contributed by atoms with van der Waals surface area (Å²) < 4.78 is 31.0. The second kappa shape index (κ2) is 7.01. The van der Waals surface area contributed by atoms with E-state index in [0.29, 0.717) is 6.07 Å². The maximum absolute atomic E-state index is 13.4. The summed E-state index contributed by atoms with van der Waals surface area (Å²) in [6.07, 6.45) is -0.453. The van der Waals surface area contributed by atoms with E-state index in [9.17, 15) is 18.7 Å². The molecule has 1 rings (SSSR count). The molecule has 0 aromatic heterocycles. The van der Waals surface area contributed by atoms with E-state index in [0.717, 1.165) is 6.07 Å². The lowest BCUT2D eigenvalue weighted by Gasteiger charge is -2.10. The third kappa shape index (κ3) is 4.46. The van der Waals surface area contributed by atoms with Gasteiger partial charge in [-0.05, 0) is 12.5 Å². The smallest absolute Gasteiger partial charge is 0.254 e. The maximum Gasteiger partial charge on any atom is 0.254 e. The van der Waals surface area contributed by atoms with Crippen LogP contribution < -0.4 is 11.1 Å². The van der Waals surface area contributed by atoms with Crippen LogP contribution in [0.2, 0.25) is 0 Å². The molecule has 1 amide bonds. The molecule has 0 fully saturated rings. The number of rotatable bonds is 6. The topological polar surface area (TPSA) is 84.6 Å². The number of hydrogen-bond acceptors (Lipinski definition) is 4. The molecule has 1 atom stereocenters. The van der Waals surface area contributed by atoms with E-state index in [-0.39, 0.29) is 30.8 Å². The van der Waals surface area contributed by atoms with Crippen LogP contribution in [-0.4, -0.2) is 37.4 Å². The summed E-state index contributed by atoms with van der Waals surface area (Å²) in [4.78, 5) is 11.6. The first kappa shape index (κ1) is 15.3. The van der Waals surface area contributed by atoms with Gasteiger partial charge in [-0.2, -0.15) is 0 Å². The third-order valence-corrected chi connectivity index (χ3v) is 2.45.